The summed E-state index contributed by atoms with van der Waals surface area (Å²) in [6, 6.07) is 7.71. The van der Waals surface area contributed by atoms with Crippen LogP contribution in [-0.4, -0.2) is 38.6 Å². The summed E-state index contributed by atoms with van der Waals surface area (Å²) in [6.07, 6.45) is 0.637. The molecule has 0 radical (unpaired) electrons. The summed E-state index contributed by atoms with van der Waals surface area (Å²) in [5.41, 5.74) is 2.27. The van der Waals surface area contributed by atoms with Gasteiger partial charge in [0.1, 0.15) is 0 Å². The number of amides is 2. The number of likely N-dealkylation sites (tertiary alicyclic amines) is 1. The van der Waals surface area contributed by atoms with Gasteiger partial charge in [0, 0.05) is 18.8 Å². The maximum atomic E-state index is 12.6. The molecule has 1 spiro atoms. The fourth-order valence-electron chi connectivity index (χ4n) is 3.34. The van der Waals surface area contributed by atoms with Crippen molar-refractivity contribution in [3.63, 3.8) is 0 Å². The van der Waals surface area contributed by atoms with Crippen molar-refractivity contribution in [2.45, 2.75) is 18.8 Å². The Morgan fingerprint density at radius 3 is 2.95 bits per heavy atom. The molecule has 0 saturated carbocycles. The molecule has 2 aromatic rings. The van der Waals surface area contributed by atoms with E-state index in [1.165, 1.54) is 0 Å². The number of benzene rings is 1. The van der Waals surface area contributed by atoms with Gasteiger partial charge in [0.2, 0.25) is 5.91 Å². The monoisotopic (exact) mass is 314 g/mol. The molecule has 1 aromatic carbocycles. The number of carbonyl (C=O) groups excluding carboxylic acids is 2. The lowest BCUT2D eigenvalue weighted by Gasteiger charge is -2.22. The summed E-state index contributed by atoms with van der Waals surface area (Å²) in [6.45, 7) is 2.73. The van der Waals surface area contributed by atoms with E-state index in [0.717, 1.165) is 23.0 Å². The maximum absolute atomic E-state index is 12.6. The Bertz CT molecular complexity index is 787. The number of fused-ring (bicyclic) bond motifs is 2. The highest BCUT2D eigenvalue weighted by atomic mass is 32.1. The first kappa shape index (κ1) is 13.4. The molecule has 1 saturated heterocycles. The summed E-state index contributed by atoms with van der Waals surface area (Å²) < 4.78 is 8.13. The first-order valence-electron chi connectivity index (χ1n) is 7.11. The van der Waals surface area contributed by atoms with Crippen molar-refractivity contribution in [1.82, 2.24) is 13.6 Å². The fraction of sp³-hybridized carbons (Fsp3) is 0.333. The number of rotatable bonds is 1. The van der Waals surface area contributed by atoms with Crippen LogP contribution in [0.25, 0.3) is 0 Å². The van der Waals surface area contributed by atoms with Gasteiger partial charge in [0.25, 0.3) is 5.91 Å². The smallest absolute Gasteiger partial charge is 0.275 e. The SMILES string of the molecule is Cc1nsnc1C(=O)N1CCC2(C1)C(=O)Nc1ccccc12. The fourth-order valence-corrected chi connectivity index (χ4v) is 3.88. The van der Waals surface area contributed by atoms with Crippen LogP contribution < -0.4 is 5.32 Å². The Hall–Kier alpha value is -2.28. The van der Waals surface area contributed by atoms with Gasteiger partial charge in [-0.05, 0) is 25.0 Å². The lowest BCUT2D eigenvalue weighted by molar-refractivity contribution is -0.120. The van der Waals surface area contributed by atoms with Crippen LogP contribution in [0.5, 0.6) is 0 Å². The van der Waals surface area contributed by atoms with Crippen molar-refractivity contribution in [1.29, 1.82) is 0 Å². The number of para-hydroxylation sites is 1. The second-order valence-electron chi connectivity index (χ2n) is 5.76. The average molecular weight is 314 g/mol. The van der Waals surface area contributed by atoms with Crippen molar-refractivity contribution >= 4 is 29.2 Å². The number of aromatic nitrogens is 2. The van der Waals surface area contributed by atoms with Crippen LogP contribution in [0.3, 0.4) is 0 Å². The van der Waals surface area contributed by atoms with Crippen LogP contribution in [0.15, 0.2) is 24.3 Å². The summed E-state index contributed by atoms with van der Waals surface area (Å²) in [5, 5.41) is 2.93. The highest BCUT2D eigenvalue weighted by molar-refractivity contribution is 6.99. The first-order chi connectivity index (χ1) is 10.6. The average Bonchev–Trinajstić information content (AvgIpc) is 3.20. The standard InChI is InChI=1S/C15H14N4O2S/c1-9-12(18-22-17-9)13(20)19-7-6-15(8-19)10-4-2-3-5-11(10)16-14(15)21/h2-5H,6-8H2,1H3,(H,16,21). The molecular weight excluding hydrogens is 300 g/mol. The van der Waals surface area contributed by atoms with Crippen molar-refractivity contribution in [2.24, 2.45) is 0 Å². The second-order valence-corrected chi connectivity index (χ2v) is 6.29. The lowest BCUT2D eigenvalue weighted by Crippen LogP contribution is -2.39. The third-order valence-electron chi connectivity index (χ3n) is 4.54. The summed E-state index contributed by atoms with van der Waals surface area (Å²) in [5.74, 6) is -0.155. The van der Waals surface area contributed by atoms with Crippen LogP contribution in [0.1, 0.15) is 28.2 Å². The van der Waals surface area contributed by atoms with E-state index in [4.69, 9.17) is 0 Å². The van der Waals surface area contributed by atoms with Crippen LogP contribution in [-0.2, 0) is 10.2 Å². The van der Waals surface area contributed by atoms with Crippen molar-refractivity contribution in [2.75, 3.05) is 18.4 Å². The number of anilines is 1. The van der Waals surface area contributed by atoms with Crippen molar-refractivity contribution < 1.29 is 9.59 Å². The molecule has 6 nitrogen and oxygen atoms in total. The van der Waals surface area contributed by atoms with Crippen molar-refractivity contribution in [3.05, 3.63) is 41.2 Å². The lowest BCUT2D eigenvalue weighted by atomic mass is 9.81. The predicted octanol–water partition coefficient (Wildman–Crippen LogP) is 1.58. The first-order valence-corrected chi connectivity index (χ1v) is 7.84. The van der Waals surface area contributed by atoms with Crippen LogP contribution in [0, 0.1) is 6.92 Å². The minimum Gasteiger partial charge on any atom is -0.336 e. The minimum absolute atomic E-state index is 0.0166. The van der Waals surface area contributed by atoms with E-state index in [1.54, 1.807) is 11.8 Å². The molecule has 0 aliphatic carbocycles. The third-order valence-corrected chi connectivity index (χ3v) is 5.16. The molecule has 2 aliphatic heterocycles. The van der Waals surface area contributed by atoms with Gasteiger partial charge in [-0.15, -0.1) is 0 Å². The van der Waals surface area contributed by atoms with Gasteiger partial charge in [-0.2, -0.15) is 8.75 Å². The number of hydrogen-bond donors (Lipinski definition) is 1. The largest absolute Gasteiger partial charge is 0.336 e. The molecule has 112 valence electrons. The third kappa shape index (κ3) is 1.72. The van der Waals surface area contributed by atoms with E-state index in [2.05, 4.69) is 14.1 Å². The summed E-state index contributed by atoms with van der Waals surface area (Å²) in [7, 11) is 0. The zero-order valence-electron chi connectivity index (χ0n) is 12.0. The number of carbonyl (C=O) groups is 2. The topological polar surface area (TPSA) is 75.2 Å². The number of hydrogen-bond acceptors (Lipinski definition) is 5. The molecule has 2 aliphatic rings. The Kier molecular flexibility index (Phi) is 2.80. The maximum Gasteiger partial charge on any atom is 0.275 e. The Labute approximate surface area is 131 Å². The van der Waals surface area contributed by atoms with E-state index in [1.807, 2.05) is 24.3 Å². The van der Waals surface area contributed by atoms with E-state index < -0.39 is 5.41 Å². The Morgan fingerprint density at radius 1 is 1.36 bits per heavy atom. The zero-order chi connectivity index (χ0) is 15.3. The molecule has 2 amide bonds. The number of nitrogens with one attached hydrogen (secondary N) is 1. The second kappa shape index (κ2) is 4.61. The van der Waals surface area contributed by atoms with Gasteiger partial charge >= 0.3 is 0 Å². The minimum atomic E-state index is -0.621. The molecule has 3 heterocycles. The molecule has 1 aromatic heterocycles. The van der Waals surface area contributed by atoms with E-state index in [0.29, 0.717) is 30.9 Å². The van der Waals surface area contributed by atoms with Gasteiger partial charge in [0.05, 0.1) is 22.8 Å². The van der Waals surface area contributed by atoms with E-state index in [-0.39, 0.29) is 11.8 Å². The number of aryl methyl sites for hydroxylation is 1. The molecule has 0 bridgehead atoms. The quantitative estimate of drug-likeness (QED) is 0.867. The summed E-state index contributed by atoms with van der Waals surface area (Å²) >= 11 is 1.04. The van der Waals surface area contributed by atoms with Crippen molar-refractivity contribution in [3.8, 4) is 0 Å². The zero-order valence-corrected chi connectivity index (χ0v) is 12.8. The molecule has 4 rings (SSSR count). The Morgan fingerprint density at radius 2 is 2.18 bits per heavy atom. The molecule has 22 heavy (non-hydrogen) atoms. The molecule has 1 unspecified atom stereocenters. The van der Waals surface area contributed by atoms with Gasteiger partial charge in [-0.1, -0.05) is 18.2 Å². The summed E-state index contributed by atoms with van der Waals surface area (Å²) in [4.78, 5) is 26.8. The highest BCUT2D eigenvalue weighted by Crippen LogP contribution is 2.44. The van der Waals surface area contributed by atoms with Gasteiger partial charge in [-0.25, -0.2) is 0 Å². The van der Waals surface area contributed by atoms with E-state index in [9.17, 15) is 9.59 Å². The van der Waals surface area contributed by atoms with Crippen LogP contribution in [0.4, 0.5) is 5.69 Å². The van der Waals surface area contributed by atoms with Crippen LogP contribution in [0.2, 0.25) is 0 Å². The number of nitrogens with zero attached hydrogens (tertiary/aromatic N) is 3. The molecule has 1 N–H and O–H groups in total. The van der Waals surface area contributed by atoms with Gasteiger partial charge < -0.3 is 10.2 Å². The van der Waals surface area contributed by atoms with Gasteiger partial charge in [0.15, 0.2) is 5.69 Å². The predicted molar refractivity (Wildman–Crippen MR) is 81.9 cm³/mol. The van der Waals surface area contributed by atoms with Gasteiger partial charge in [-0.3, -0.25) is 9.59 Å². The molecule has 1 atom stereocenters. The van der Waals surface area contributed by atoms with E-state index >= 15 is 0 Å². The molecular formula is C15H14N4O2S. The molecule has 1 fully saturated rings. The molecule has 7 heteroatoms. The Balaban J connectivity index is 1.67. The highest BCUT2D eigenvalue weighted by Gasteiger charge is 2.52. The van der Waals surface area contributed by atoms with Crippen LogP contribution >= 0.6 is 11.7 Å². The normalized spacial score (nSPS) is 23.0.